The van der Waals surface area contributed by atoms with Crippen LogP contribution in [0.3, 0.4) is 0 Å². The van der Waals surface area contributed by atoms with Gasteiger partial charge in [0.05, 0.1) is 17.0 Å². The lowest BCUT2D eigenvalue weighted by Gasteiger charge is -2.24. The van der Waals surface area contributed by atoms with Crippen LogP contribution in [0.15, 0.2) is 80.5 Å². The number of benzene rings is 2. The highest BCUT2D eigenvalue weighted by molar-refractivity contribution is 9.10. The van der Waals surface area contributed by atoms with Gasteiger partial charge in [0.25, 0.3) is 5.91 Å². The molecule has 142 valence electrons. The maximum Gasteiger partial charge on any atom is 0.296 e. The van der Waals surface area contributed by atoms with Crippen molar-refractivity contribution in [2.45, 2.75) is 13.0 Å². The normalized spacial score (nSPS) is 15.7. The molecule has 2 aromatic carbocycles. The van der Waals surface area contributed by atoms with Gasteiger partial charge in [0, 0.05) is 10.7 Å². The Kier molecular flexibility index (Phi) is 4.10. The number of rotatable bonds is 2. The molecule has 5 nitrogen and oxygen atoms in total. The van der Waals surface area contributed by atoms with Crippen molar-refractivity contribution < 1.29 is 9.21 Å². The first-order chi connectivity index (χ1) is 14.0. The molecule has 0 unspecified atom stereocenters. The molecule has 0 saturated heterocycles. The smallest absolute Gasteiger partial charge is 0.296 e. The van der Waals surface area contributed by atoms with E-state index in [0.717, 1.165) is 15.6 Å². The highest BCUT2D eigenvalue weighted by atomic mass is 79.9. The molecule has 0 spiro atoms. The summed E-state index contributed by atoms with van der Waals surface area (Å²) in [4.78, 5) is 32.8. The Labute approximate surface area is 174 Å². The number of nitrogens with zero attached hydrogens (tertiary/aromatic N) is 2. The second-order valence-corrected chi connectivity index (χ2v) is 7.91. The number of carbonyl (C=O) groups is 1. The predicted molar refractivity (Wildman–Crippen MR) is 114 cm³/mol. The summed E-state index contributed by atoms with van der Waals surface area (Å²) >= 11 is 3.49. The summed E-state index contributed by atoms with van der Waals surface area (Å²) in [6, 6.07) is 17.7. The zero-order valence-corrected chi connectivity index (χ0v) is 17.0. The van der Waals surface area contributed by atoms with E-state index in [1.807, 2.05) is 43.3 Å². The standard InChI is InChI=1S/C23H15BrN2O3/c1-13-9-10-25-18(11-13)26-20(14-5-4-6-15(24)12-14)19-21(27)16-7-2-3-8-17(16)29-22(19)23(26)28/h2-12,20H,1H3/t20-/m1/s1. The molecule has 0 saturated carbocycles. The molecule has 3 heterocycles. The van der Waals surface area contributed by atoms with Crippen molar-refractivity contribution in [3.63, 3.8) is 0 Å². The van der Waals surface area contributed by atoms with Gasteiger partial charge in [-0.1, -0.05) is 40.2 Å². The largest absolute Gasteiger partial charge is 0.450 e. The summed E-state index contributed by atoms with van der Waals surface area (Å²) in [6.07, 6.45) is 1.66. The van der Waals surface area contributed by atoms with Crippen molar-refractivity contribution in [2.24, 2.45) is 0 Å². The van der Waals surface area contributed by atoms with E-state index in [0.29, 0.717) is 22.4 Å². The maximum atomic E-state index is 13.4. The zero-order chi connectivity index (χ0) is 20.1. The van der Waals surface area contributed by atoms with Crippen molar-refractivity contribution in [2.75, 3.05) is 4.90 Å². The number of amides is 1. The Balaban J connectivity index is 1.84. The molecule has 1 aliphatic heterocycles. The lowest BCUT2D eigenvalue weighted by atomic mass is 9.98. The molecule has 1 amide bonds. The topological polar surface area (TPSA) is 63.4 Å². The van der Waals surface area contributed by atoms with E-state index in [-0.39, 0.29) is 17.1 Å². The fourth-order valence-electron chi connectivity index (χ4n) is 3.80. The quantitative estimate of drug-likeness (QED) is 0.434. The molecule has 0 N–H and O–H groups in total. The van der Waals surface area contributed by atoms with Crippen molar-refractivity contribution in [1.82, 2.24) is 4.98 Å². The SMILES string of the molecule is Cc1ccnc(N2C(=O)c3oc4ccccc4c(=O)c3[C@H]2c2cccc(Br)c2)c1. The number of hydrogen-bond donors (Lipinski definition) is 0. The molecule has 29 heavy (non-hydrogen) atoms. The Bertz CT molecular complexity index is 1350. The Hall–Kier alpha value is -3.25. The summed E-state index contributed by atoms with van der Waals surface area (Å²) in [6.45, 7) is 1.94. The highest BCUT2D eigenvalue weighted by Gasteiger charge is 2.44. The minimum absolute atomic E-state index is 0.0713. The number of para-hydroxylation sites is 1. The molecule has 5 rings (SSSR count). The van der Waals surface area contributed by atoms with Gasteiger partial charge in [-0.2, -0.15) is 0 Å². The van der Waals surface area contributed by atoms with Crippen molar-refractivity contribution >= 4 is 38.6 Å². The van der Waals surface area contributed by atoms with E-state index < -0.39 is 6.04 Å². The second-order valence-electron chi connectivity index (χ2n) is 6.99. The van der Waals surface area contributed by atoms with Crippen LogP contribution in [-0.4, -0.2) is 10.9 Å². The molecule has 6 heteroatoms. The van der Waals surface area contributed by atoms with Gasteiger partial charge in [-0.25, -0.2) is 4.98 Å². The van der Waals surface area contributed by atoms with E-state index in [1.54, 1.807) is 35.4 Å². The first kappa shape index (κ1) is 17.8. The zero-order valence-electron chi connectivity index (χ0n) is 15.4. The molecule has 0 fully saturated rings. The first-order valence-electron chi connectivity index (χ1n) is 9.12. The molecule has 0 aliphatic carbocycles. The molecule has 2 aromatic heterocycles. The number of halogens is 1. The minimum atomic E-state index is -0.620. The lowest BCUT2D eigenvalue weighted by Crippen LogP contribution is -2.30. The minimum Gasteiger partial charge on any atom is -0.450 e. The van der Waals surface area contributed by atoms with Gasteiger partial charge in [0.2, 0.25) is 5.76 Å². The number of pyridine rings is 1. The number of anilines is 1. The molecular weight excluding hydrogens is 432 g/mol. The number of aryl methyl sites for hydroxylation is 1. The van der Waals surface area contributed by atoms with E-state index in [9.17, 15) is 9.59 Å². The third-order valence-corrected chi connectivity index (χ3v) is 5.58. The number of aromatic nitrogens is 1. The average molecular weight is 447 g/mol. The van der Waals surface area contributed by atoms with Gasteiger partial charge < -0.3 is 4.42 Å². The summed E-state index contributed by atoms with van der Waals surface area (Å²) in [5.41, 5.74) is 2.32. The van der Waals surface area contributed by atoms with E-state index in [1.165, 1.54) is 0 Å². The van der Waals surface area contributed by atoms with Gasteiger partial charge in [-0.15, -0.1) is 0 Å². The van der Waals surface area contributed by atoms with Crippen LogP contribution in [0.25, 0.3) is 11.0 Å². The molecule has 1 atom stereocenters. The van der Waals surface area contributed by atoms with Crippen LogP contribution in [0.1, 0.15) is 33.3 Å². The van der Waals surface area contributed by atoms with Crippen LogP contribution in [0.2, 0.25) is 0 Å². The van der Waals surface area contributed by atoms with Crippen LogP contribution in [0.5, 0.6) is 0 Å². The maximum absolute atomic E-state index is 13.4. The summed E-state index contributed by atoms with van der Waals surface area (Å²) < 4.78 is 6.79. The van der Waals surface area contributed by atoms with Crippen LogP contribution in [0, 0.1) is 6.92 Å². The number of hydrogen-bond acceptors (Lipinski definition) is 4. The van der Waals surface area contributed by atoms with Gasteiger partial charge >= 0.3 is 0 Å². The monoisotopic (exact) mass is 446 g/mol. The third kappa shape index (κ3) is 2.79. The molecule has 4 aromatic rings. The number of carbonyl (C=O) groups excluding carboxylic acids is 1. The number of fused-ring (bicyclic) bond motifs is 2. The van der Waals surface area contributed by atoms with E-state index >= 15 is 0 Å². The summed E-state index contributed by atoms with van der Waals surface area (Å²) in [5, 5.41) is 0.457. The second kappa shape index (κ2) is 6.67. The molecule has 1 aliphatic rings. The molecule has 0 radical (unpaired) electrons. The molecule has 0 bridgehead atoms. The highest BCUT2D eigenvalue weighted by Crippen LogP contribution is 2.41. The summed E-state index contributed by atoms with van der Waals surface area (Å²) in [5.74, 6) is 0.183. The fourth-order valence-corrected chi connectivity index (χ4v) is 4.22. The van der Waals surface area contributed by atoms with E-state index in [2.05, 4.69) is 20.9 Å². The Morgan fingerprint density at radius 3 is 2.66 bits per heavy atom. The van der Waals surface area contributed by atoms with Crippen molar-refractivity contribution in [3.8, 4) is 0 Å². The molecular formula is C23H15BrN2O3. The Morgan fingerprint density at radius 2 is 1.86 bits per heavy atom. The third-order valence-electron chi connectivity index (χ3n) is 5.09. The van der Waals surface area contributed by atoms with Gasteiger partial charge in [0.15, 0.2) is 5.43 Å². The lowest BCUT2D eigenvalue weighted by molar-refractivity contribution is 0.0970. The first-order valence-corrected chi connectivity index (χ1v) is 9.91. The van der Waals surface area contributed by atoms with E-state index in [4.69, 9.17) is 4.42 Å². The van der Waals surface area contributed by atoms with Gasteiger partial charge in [0.1, 0.15) is 11.4 Å². The van der Waals surface area contributed by atoms with Crippen LogP contribution in [0.4, 0.5) is 5.82 Å². The van der Waals surface area contributed by atoms with Gasteiger partial charge in [-0.3, -0.25) is 14.5 Å². The predicted octanol–water partition coefficient (Wildman–Crippen LogP) is 5.01. The van der Waals surface area contributed by atoms with Gasteiger partial charge in [-0.05, 0) is 54.4 Å². The average Bonchev–Trinajstić information content (AvgIpc) is 3.01. The fraction of sp³-hybridized carbons (Fsp3) is 0.0870. The summed E-state index contributed by atoms with van der Waals surface area (Å²) in [7, 11) is 0. The van der Waals surface area contributed by atoms with Crippen molar-refractivity contribution in [3.05, 3.63) is 104 Å². The van der Waals surface area contributed by atoms with Crippen LogP contribution < -0.4 is 10.3 Å². The van der Waals surface area contributed by atoms with Crippen LogP contribution in [-0.2, 0) is 0 Å². The van der Waals surface area contributed by atoms with Crippen LogP contribution >= 0.6 is 15.9 Å². The Morgan fingerprint density at radius 1 is 1.03 bits per heavy atom. The van der Waals surface area contributed by atoms with Crippen molar-refractivity contribution in [1.29, 1.82) is 0 Å².